The number of hydrogen-bond acceptors (Lipinski definition) is 2. The van der Waals surface area contributed by atoms with Crippen molar-refractivity contribution in [3.63, 3.8) is 0 Å². The summed E-state index contributed by atoms with van der Waals surface area (Å²) in [6.07, 6.45) is 0. The van der Waals surface area contributed by atoms with Crippen molar-refractivity contribution in [2.75, 3.05) is 4.90 Å². The van der Waals surface area contributed by atoms with Crippen molar-refractivity contribution >= 4 is 48.6 Å². The fourth-order valence-electron chi connectivity index (χ4n) is 8.37. The Morgan fingerprint density at radius 3 is 1.70 bits per heavy atom. The molecule has 0 saturated heterocycles. The highest BCUT2D eigenvalue weighted by atomic mass is 32.1. The zero-order valence-electron chi connectivity index (χ0n) is 29.8. The van der Waals surface area contributed by atoms with Crippen LogP contribution in [0.1, 0.15) is 25.0 Å². The van der Waals surface area contributed by atoms with Crippen molar-refractivity contribution in [3.8, 4) is 44.5 Å². The first-order valence-electron chi connectivity index (χ1n) is 18.3. The molecule has 1 heterocycles. The summed E-state index contributed by atoms with van der Waals surface area (Å²) in [7, 11) is 0. The van der Waals surface area contributed by atoms with Crippen molar-refractivity contribution in [2.45, 2.75) is 19.3 Å². The van der Waals surface area contributed by atoms with E-state index in [-0.39, 0.29) is 5.41 Å². The van der Waals surface area contributed by atoms with Crippen LogP contribution in [0.15, 0.2) is 188 Å². The molecule has 1 aromatic heterocycles. The Morgan fingerprint density at radius 1 is 0.377 bits per heavy atom. The van der Waals surface area contributed by atoms with Crippen LogP contribution in [0.5, 0.6) is 0 Å². The Bertz CT molecular complexity index is 2790. The van der Waals surface area contributed by atoms with E-state index < -0.39 is 0 Å². The molecule has 10 rings (SSSR count). The zero-order chi connectivity index (χ0) is 35.5. The maximum atomic E-state index is 2.41. The molecule has 0 amide bonds. The van der Waals surface area contributed by atoms with E-state index in [1.54, 1.807) is 0 Å². The first kappa shape index (κ1) is 31.5. The summed E-state index contributed by atoms with van der Waals surface area (Å²) in [5, 5.41) is 2.65. The lowest BCUT2D eigenvalue weighted by Crippen LogP contribution is -2.14. The van der Waals surface area contributed by atoms with Gasteiger partial charge >= 0.3 is 0 Å². The van der Waals surface area contributed by atoms with Crippen molar-refractivity contribution in [1.29, 1.82) is 0 Å². The third kappa shape index (κ3) is 5.29. The molecule has 0 fully saturated rings. The summed E-state index contributed by atoms with van der Waals surface area (Å²) in [5.41, 5.74) is 16.1. The minimum absolute atomic E-state index is 0.0285. The number of thiophene rings is 1. The maximum Gasteiger partial charge on any atom is 0.0540 e. The number of nitrogens with zero attached hydrogens (tertiary/aromatic N) is 1. The maximum absolute atomic E-state index is 2.41. The average molecular weight is 696 g/mol. The first-order chi connectivity index (χ1) is 26.0. The standard InChI is InChI=1S/C51H37NS/c1-51(2)46-17-9-6-15-42(46)44-33-38(24-30-47(44)51)41-14-7-10-18-48(41)52(39-26-20-35(21-27-39)34-12-4-3-5-13-34)40-28-22-36(23-29-40)37-25-31-50-45(32-37)43-16-8-11-19-49(43)53-50/h3-33H,1-2H3. The second-order valence-electron chi connectivity index (χ2n) is 14.6. The van der Waals surface area contributed by atoms with Crippen LogP contribution in [-0.4, -0.2) is 0 Å². The van der Waals surface area contributed by atoms with Crippen LogP contribution in [-0.2, 0) is 5.41 Å². The van der Waals surface area contributed by atoms with Crippen LogP contribution in [0.4, 0.5) is 17.1 Å². The average Bonchev–Trinajstić information content (AvgIpc) is 3.70. The number of rotatable bonds is 6. The summed E-state index contributed by atoms with van der Waals surface area (Å²) in [6, 6.07) is 69.1. The molecule has 8 aromatic carbocycles. The molecule has 2 heteroatoms. The van der Waals surface area contributed by atoms with Crippen LogP contribution in [0.25, 0.3) is 64.7 Å². The van der Waals surface area contributed by atoms with Gasteiger partial charge in [-0.2, -0.15) is 0 Å². The lowest BCUT2D eigenvalue weighted by atomic mass is 9.82. The highest BCUT2D eigenvalue weighted by Gasteiger charge is 2.35. The number of fused-ring (bicyclic) bond motifs is 6. The van der Waals surface area contributed by atoms with E-state index in [2.05, 4.69) is 207 Å². The Hall–Kier alpha value is -6.22. The molecule has 252 valence electrons. The largest absolute Gasteiger partial charge is 0.310 e. The van der Waals surface area contributed by atoms with Gasteiger partial charge in [-0.3, -0.25) is 0 Å². The van der Waals surface area contributed by atoms with Gasteiger partial charge in [0.15, 0.2) is 0 Å². The van der Waals surface area contributed by atoms with Crippen LogP contribution < -0.4 is 4.90 Å². The topological polar surface area (TPSA) is 3.24 Å². The van der Waals surface area contributed by atoms with Crippen LogP contribution in [0.3, 0.4) is 0 Å². The number of benzene rings is 8. The second kappa shape index (κ2) is 12.5. The molecule has 0 radical (unpaired) electrons. The van der Waals surface area contributed by atoms with Crippen molar-refractivity contribution in [1.82, 2.24) is 0 Å². The molecule has 0 atom stereocenters. The smallest absolute Gasteiger partial charge is 0.0540 e. The van der Waals surface area contributed by atoms with Gasteiger partial charge in [0.2, 0.25) is 0 Å². The van der Waals surface area contributed by atoms with Gasteiger partial charge < -0.3 is 4.90 Å². The molecule has 0 aliphatic heterocycles. The molecule has 0 bridgehead atoms. The lowest BCUT2D eigenvalue weighted by Gasteiger charge is -2.28. The molecule has 0 unspecified atom stereocenters. The monoisotopic (exact) mass is 695 g/mol. The molecule has 0 saturated carbocycles. The van der Waals surface area contributed by atoms with E-state index in [1.165, 1.54) is 75.8 Å². The number of hydrogen-bond donors (Lipinski definition) is 0. The predicted molar refractivity (Wildman–Crippen MR) is 228 cm³/mol. The van der Waals surface area contributed by atoms with Crippen LogP contribution in [0, 0.1) is 0 Å². The quantitative estimate of drug-likeness (QED) is 0.167. The molecule has 53 heavy (non-hydrogen) atoms. The highest BCUT2D eigenvalue weighted by Crippen LogP contribution is 2.50. The highest BCUT2D eigenvalue weighted by molar-refractivity contribution is 7.25. The molecule has 9 aromatic rings. The van der Waals surface area contributed by atoms with E-state index in [4.69, 9.17) is 0 Å². The Balaban J connectivity index is 1.09. The van der Waals surface area contributed by atoms with E-state index in [9.17, 15) is 0 Å². The molecule has 1 aliphatic carbocycles. The molecular formula is C51H37NS. The molecule has 1 nitrogen and oxygen atoms in total. The minimum Gasteiger partial charge on any atom is -0.310 e. The number of para-hydroxylation sites is 1. The molecule has 0 spiro atoms. The predicted octanol–water partition coefficient (Wildman–Crippen LogP) is 14.8. The second-order valence-corrected chi connectivity index (χ2v) is 15.6. The van der Waals surface area contributed by atoms with Gasteiger partial charge in [-0.05, 0) is 105 Å². The van der Waals surface area contributed by atoms with Gasteiger partial charge in [0.25, 0.3) is 0 Å². The first-order valence-corrected chi connectivity index (χ1v) is 19.2. The van der Waals surface area contributed by atoms with Crippen LogP contribution in [0.2, 0.25) is 0 Å². The summed E-state index contributed by atoms with van der Waals surface area (Å²) < 4.78 is 2.66. The SMILES string of the molecule is CC1(C)c2ccccc2-c2cc(-c3ccccc3N(c3ccc(-c4ccccc4)cc3)c3ccc(-c4ccc5sc6ccccc6c5c4)cc3)ccc21. The summed E-state index contributed by atoms with van der Waals surface area (Å²) in [6.45, 7) is 4.69. The van der Waals surface area contributed by atoms with Gasteiger partial charge in [0.05, 0.1) is 5.69 Å². The van der Waals surface area contributed by atoms with Crippen molar-refractivity contribution in [2.24, 2.45) is 0 Å². The molecule has 1 aliphatic rings. The van der Waals surface area contributed by atoms with Gasteiger partial charge in [-0.15, -0.1) is 11.3 Å². The van der Waals surface area contributed by atoms with E-state index >= 15 is 0 Å². The van der Waals surface area contributed by atoms with Crippen molar-refractivity contribution < 1.29 is 0 Å². The fraction of sp³-hybridized carbons (Fsp3) is 0.0588. The summed E-state index contributed by atoms with van der Waals surface area (Å²) in [5.74, 6) is 0. The Kier molecular flexibility index (Phi) is 7.42. The van der Waals surface area contributed by atoms with Crippen molar-refractivity contribution in [3.05, 3.63) is 199 Å². The van der Waals surface area contributed by atoms with Gasteiger partial charge in [-0.1, -0.05) is 147 Å². The minimum atomic E-state index is -0.0285. The zero-order valence-corrected chi connectivity index (χ0v) is 30.6. The lowest BCUT2D eigenvalue weighted by molar-refractivity contribution is 0.660. The van der Waals surface area contributed by atoms with E-state index in [1.807, 2.05) is 11.3 Å². The van der Waals surface area contributed by atoms with Gasteiger partial charge in [0, 0.05) is 42.5 Å². The third-order valence-corrected chi connectivity index (χ3v) is 12.3. The Morgan fingerprint density at radius 2 is 0.925 bits per heavy atom. The normalized spacial score (nSPS) is 12.9. The molecule has 0 N–H and O–H groups in total. The van der Waals surface area contributed by atoms with Gasteiger partial charge in [0.1, 0.15) is 0 Å². The molecular weight excluding hydrogens is 659 g/mol. The number of anilines is 3. The third-order valence-electron chi connectivity index (χ3n) is 11.1. The van der Waals surface area contributed by atoms with Gasteiger partial charge in [-0.25, -0.2) is 0 Å². The fourth-order valence-corrected chi connectivity index (χ4v) is 9.46. The summed E-state index contributed by atoms with van der Waals surface area (Å²) >= 11 is 1.86. The van der Waals surface area contributed by atoms with E-state index in [0.29, 0.717) is 0 Å². The van der Waals surface area contributed by atoms with Crippen LogP contribution >= 0.6 is 11.3 Å². The Labute approximate surface area is 315 Å². The van der Waals surface area contributed by atoms with E-state index in [0.717, 1.165) is 17.1 Å². The summed E-state index contributed by atoms with van der Waals surface area (Å²) in [4.78, 5) is 2.41.